The van der Waals surface area contributed by atoms with E-state index in [1.54, 1.807) is 4.90 Å². The van der Waals surface area contributed by atoms with Crippen LogP contribution in [0.3, 0.4) is 0 Å². The summed E-state index contributed by atoms with van der Waals surface area (Å²) in [6, 6.07) is 15.6. The van der Waals surface area contributed by atoms with Gasteiger partial charge in [0.15, 0.2) is 0 Å². The number of hydrogen-bond acceptors (Lipinski definition) is 3. The summed E-state index contributed by atoms with van der Waals surface area (Å²) in [5.74, 6) is 0.135. The predicted molar refractivity (Wildman–Crippen MR) is 103 cm³/mol. The fourth-order valence-corrected chi connectivity index (χ4v) is 3.63. The number of hydrogen-bond donors (Lipinski definition) is 1. The average molecular weight is 354 g/mol. The number of nitrogens with one attached hydrogen (secondary N) is 1. The molecule has 1 atom stereocenters. The van der Waals surface area contributed by atoms with Gasteiger partial charge in [-0.25, -0.2) is 0 Å². The van der Waals surface area contributed by atoms with Crippen LogP contribution in [-0.2, 0) is 9.59 Å². The zero-order valence-electron chi connectivity index (χ0n) is 14.5. The van der Waals surface area contributed by atoms with Crippen molar-refractivity contribution in [2.75, 3.05) is 16.8 Å². The zero-order valence-corrected chi connectivity index (χ0v) is 15.3. The molecule has 4 nitrogen and oxygen atoms in total. The van der Waals surface area contributed by atoms with Crippen LogP contribution in [0.25, 0.3) is 0 Å². The van der Waals surface area contributed by atoms with Gasteiger partial charge in [-0.2, -0.15) is 0 Å². The number of anilines is 2. The highest BCUT2D eigenvalue weighted by Gasteiger charge is 2.21. The molecule has 0 spiro atoms. The zero-order chi connectivity index (χ0) is 17.8. The maximum absolute atomic E-state index is 12.4. The lowest BCUT2D eigenvalue weighted by Crippen LogP contribution is -2.24. The number of nitrogens with zero attached hydrogens (tertiary/aromatic N) is 1. The Hall–Kier alpha value is -2.27. The minimum atomic E-state index is -0.192. The Morgan fingerprint density at radius 2 is 1.80 bits per heavy atom. The third kappa shape index (κ3) is 4.42. The first kappa shape index (κ1) is 17.5. The molecular weight excluding hydrogens is 332 g/mol. The van der Waals surface area contributed by atoms with Crippen molar-refractivity contribution in [1.29, 1.82) is 0 Å². The van der Waals surface area contributed by atoms with Crippen LogP contribution in [0.1, 0.15) is 25.3 Å². The summed E-state index contributed by atoms with van der Waals surface area (Å²) in [6.45, 7) is 4.72. The monoisotopic (exact) mass is 354 g/mol. The second-order valence-electron chi connectivity index (χ2n) is 6.26. The molecule has 1 saturated heterocycles. The van der Waals surface area contributed by atoms with Crippen molar-refractivity contribution < 1.29 is 9.59 Å². The van der Waals surface area contributed by atoms with Gasteiger partial charge < -0.3 is 10.2 Å². The fourth-order valence-electron chi connectivity index (χ4n) is 2.76. The highest BCUT2D eigenvalue weighted by atomic mass is 32.2. The molecule has 0 unspecified atom stereocenters. The lowest BCUT2D eigenvalue weighted by molar-refractivity contribution is -0.117. The molecule has 1 N–H and O–H groups in total. The number of rotatable bonds is 5. The molecule has 0 bridgehead atoms. The third-order valence-corrected chi connectivity index (χ3v) is 5.33. The van der Waals surface area contributed by atoms with Crippen LogP contribution >= 0.6 is 11.8 Å². The van der Waals surface area contributed by atoms with E-state index in [2.05, 4.69) is 5.32 Å². The van der Waals surface area contributed by atoms with Crippen molar-refractivity contribution in [1.82, 2.24) is 0 Å². The van der Waals surface area contributed by atoms with Crippen LogP contribution in [0, 0.1) is 6.92 Å². The molecule has 0 radical (unpaired) electrons. The van der Waals surface area contributed by atoms with Crippen molar-refractivity contribution >= 4 is 35.0 Å². The van der Waals surface area contributed by atoms with E-state index in [4.69, 9.17) is 0 Å². The molecule has 1 aliphatic heterocycles. The summed E-state index contributed by atoms with van der Waals surface area (Å²) in [7, 11) is 0. The van der Waals surface area contributed by atoms with E-state index in [1.807, 2.05) is 62.4 Å². The van der Waals surface area contributed by atoms with Gasteiger partial charge >= 0.3 is 0 Å². The molecule has 3 rings (SSSR count). The largest absolute Gasteiger partial charge is 0.325 e. The van der Waals surface area contributed by atoms with Crippen LogP contribution in [0.2, 0.25) is 0 Å². The highest BCUT2D eigenvalue weighted by molar-refractivity contribution is 8.00. The van der Waals surface area contributed by atoms with Crippen LogP contribution in [0.4, 0.5) is 11.4 Å². The summed E-state index contributed by atoms with van der Waals surface area (Å²) >= 11 is 1.54. The predicted octanol–water partition coefficient (Wildman–Crippen LogP) is 4.24. The Morgan fingerprint density at radius 1 is 1.12 bits per heavy atom. The lowest BCUT2D eigenvalue weighted by Gasteiger charge is -2.17. The Morgan fingerprint density at radius 3 is 2.40 bits per heavy atom. The number of thioether (sulfide) groups is 1. The van der Waals surface area contributed by atoms with Crippen molar-refractivity contribution in [2.45, 2.75) is 36.8 Å². The molecule has 5 heteroatoms. The van der Waals surface area contributed by atoms with Gasteiger partial charge in [0.1, 0.15) is 0 Å². The van der Waals surface area contributed by atoms with Gasteiger partial charge in [-0.3, -0.25) is 9.59 Å². The van der Waals surface area contributed by atoms with Crippen LogP contribution in [0.5, 0.6) is 0 Å². The normalized spacial score (nSPS) is 15.3. The molecule has 0 aliphatic carbocycles. The Labute approximate surface area is 152 Å². The molecule has 2 amide bonds. The van der Waals surface area contributed by atoms with E-state index in [-0.39, 0.29) is 17.1 Å². The first-order valence-corrected chi connectivity index (χ1v) is 9.35. The molecule has 25 heavy (non-hydrogen) atoms. The first-order valence-electron chi connectivity index (χ1n) is 8.47. The summed E-state index contributed by atoms with van der Waals surface area (Å²) < 4.78 is 0. The molecule has 0 aromatic heterocycles. The SMILES string of the molecule is Cc1ccc(S[C@@H](C)C(=O)Nc2ccc(N3CCCC3=O)cc2)cc1. The molecule has 1 heterocycles. The van der Waals surface area contributed by atoms with Crippen molar-refractivity contribution in [3.05, 3.63) is 54.1 Å². The van der Waals surface area contributed by atoms with E-state index in [0.29, 0.717) is 6.42 Å². The van der Waals surface area contributed by atoms with Gasteiger partial charge in [-0.05, 0) is 56.7 Å². The quantitative estimate of drug-likeness (QED) is 0.817. The van der Waals surface area contributed by atoms with Crippen molar-refractivity contribution in [2.24, 2.45) is 0 Å². The van der Waals surface area contributed by atoms with Crippen LogP contribution in [-0.4, -0.2) is 23.6 Å². The number of aryl methyl sites for hydroxylation is 1. The highest BCUT2D eigenvalue weighted by Crippen LogP contribution is 2.26. The van der Waals surface area contributed by atoms with Gasteiger partial charge in [-0.15, -0.1) is 11.8 Å². The summed E-state index contributed by atoms with van der Waals surface area (Å²) in [5.41, 5.74) is 2.84. The second kappa shape index (κ2) is 7.74. The maximum Gasteiger partial charge on any atom is 0.237 e. The topological polar surface area (TPSA) is 49.4 Å². The van der Waals surface area contributed by atoms with Gasteiger partial charge in [0.05, 0.1) is 5.25 Å². The minimum absolute atomic E-state index is 0.0319. The summed E-state index contributed by atoms with van der Waals surface area (Å²) in [6.07, 6.45) is 1.53. The fraction of sp³-hybridized carbons (Fsp3) is 0.300. The molecule has 0 saturated carbocycles. The van der Waals surface area contributed by atoms with E-state index in [1.165, 1.54) is 17.3 Å². The molecule has 1 aliphatic rings. The van der Waals surface area contributed by atoms with Gasteiger partial charge in [0.25, 0.3) is 0 Å². The lowest BCUT2D eigenvalue weighted by atomic mass is 10.2. The van der Waals surface area contributed by atoms with Gasteiger partial charge in [0, 0.05) is 29.2 Å². The number of benzene rings is 2. The standard InChI is InChI=1S/C20H22N2O2S/c1-14-5-11-18(12-6-14)25-15(2)20(24)21-16-7-9-17(10-8-16)22-13-3-4-19(22)23/h5-12,15H,3-4,13H2,1-2H3,(H,21,24)/t15-/m0/s1. The average Bonchev–Trinajstić information content (AvgIpc) is 3.03. The molecule has 130 valence electrons. The minimum Gasteiger partial charge on any atom is -0.325 e. The van der Waals surface area contributed by atoms with Crippen molar-refractivity contribution in [3.63, 3.8) is 0 Å². The van der Waals surface area contributed by atoms with Crippen molar-refractivity contribution in [3.8, 4) is 0 Å². The number of amides is 2. The smallest absolute Gasteiger partial charge is 0.237 e. The molecule has 2 aromatic carbocycles. The van der Waals surface area contributed by atoms with E-state index < -0.39 is 0 Å². The van der Waals surface area contributed by atoms with Gasteiger partial charge in [0.2, 0.25) is 11.8 Å². The van der Waals surface area contributed by atoms with Crippen LogP contribution in [0.15, 0.2) is 53.4 Å². The number of carbonyl (C=O) groups excluding carboxylic acids is 2. The Bertz CT molecular complexity index is 756. The second-order valence-corrected chi connectivity index (χ2v) is 7.67. The van der Waals surface area contributed by atoms with E-state index in [0.717, 1.165) is 29.2 Å². The van der Waals surface area contributed by atoms with E-state index >= 15 is 0 Å². The van der Waals surface area contributed by atoms with Crippen LogP contribution < -0.4 is 10.2 Å². The molecular formula is C20H22N2O2S. The number of carbonyl (C=O) groups is 2. The summed E-state index contributed by atoms with van der Waals surface area (Å²) in [4.78, 5) is 27.0. The van der Waals surface area contributed by atoms with Gasteiger partial charge in [-0.1, -0.05) is 17.7 Å². The molecule has 2 aromatic rings. The Kier molecular flexibility index (Phi) is 5.43. The Balaban J connectivity index is 1.58. The maximum atomic E-state index is 12.4. The first-order chi connectivity index (χ1) is 12.0. The summed E-state index contributed by atoms with van der Waals surface area (Å²) in [5, 5.41) is 2.75. The third-order valence-electron chi connectivity index (χ3n) is 4.22. The molecule has 1 fully saturated rings. The van der Waals surface area contributed by atoms with E-state index in [9.17, 15) is 9.59 Å².